The largest absolute Gasteiger partial charge is 0.261 e. The number of rotatable bonds is 6. The normalized spacial score (nSPS) is 12.7. The van der Waals surface area contributed by atoms with Gasteiger partial charge in [-0.2, -0.15) is 0 Å². The van der Waals surface area contributed by atoms with Crippen LogP contribution in [0.2, 0.25) is 0 Å². The molecule has 1 aromatic rings. The summed E-state index contributed by atoms with van der Waals surface area (Å²) in [5.41, 5.74) is 1.41. The van der Waals surface area contributed by atoms with Gasteiger partial charge in [0.2, 0.25) is 0 Å². The van der Waals surface area contributed by atoms with Crippen LogP contribution in [0, 0.1) is 0 Å². The molecule has 1 unspecified atom stereocenters. The van der Waals surface area contributed by atoms with Crippen molar-refractivity contribution in [2.45, 2.75) is 32.7 Å². The Morgan fingerprint density at radius 2 is 2.00 bits per heavy atom. The molecule has 1 aromatic carbocycles. The first-order chi connectivity index (χ1) is 6.83. The van der Waals surface area contributed by atoms with Crippen molar-refractivity contribution < 1.29 is 0 Å². The van der Waals surface area contributed by atoms with Gasteiger partial charge in [0.25, 0.3) is 0 Å². The van der Waals surface area contributed by atoms with Crippen LogP contribution in [0.25, 0.3) is 0 Å². The number of nitrogens with one attached hydrogen (secondary N) is 1. The van der Waals surface area contributed by atoms with Crippen molar-refractivity contribution in [3.63, 3.8) is 0 Å². The molecule has 0 heterocycles. The van der Waals surface area contributed by atoms with Gasteiger partial charge in [0.05, 0.1) is 0 Å². The summed E-state index contributed by atoms with van der Waals surface area (Å²) in [5.74, 6) is 1.19. The summed E-state index contributed by atoms with van der Waals surface area (Å²) in [5, 5.41) is 0. The maximum atomic E-state index is 3.45. The molecule has 0 aliphatic heterocycles. The zero-order valence-corrected chi connectivity index (χ0v) is 9.81. The predicted molar refractivity (Wildman–Crippen MR) is 65.5 cm³/mol. The van der Waals surface area contributed by atoms with Gasteiger partial charge in [-0.3, -0.25) is 4.72 Å². The molecular weight excluding hydrogens is 190 g/mol. The Morgan fingerprint density at radius 1 is 1.29 bits per heavy atom. The van der Waals surface area contributed by atoms with E-state index in [0.717, 1.165) is 6.42 Å². The molecule has 1 nitrogen and oxygen atoms in total. The summed E-state index contributed by atoms with van der Waals surface area (Å²) in [6.07, 6.45) is 2.34. The highest BCUT2D eigenvalue weighted by molar-refractivity contribution is 7.97. The summed E-state index contributed by atoms with van der Waals surface area (Å²) in [7, 11) is 0. The van der Waals surface area contributed by atoms with E-state index in [9.17, 15) is 0 Å². The topological polar surface area (TPSA) is 12.0 Å². The van der Waals surface area contributed by atoms with Crippen LogP contribution in [0.3, 0.4) is 0 Å². The van der Waals surface area contributed by atoms with Crippen LogP contribution >= 0.6 is 11.9 Å². The van der Waals surface area contributed by atoms with E-state index in [1.165, 1.54) is 17.7 Å². The molecule has 0 radical (unpaired) electrons. The highest BCUT2D eigenvalue weighted by atomic mass is 32.2. The Labute approximate surface area is 91.4 Å². The van der Waals surface area contributed by atoms with E-state index < -0.39 is 0 Å². The Kier molecular flexibility index (Phi) is 5.72. The SMILES string of the molecule is CCCSNC(C)Cc1ccccc1. The van der Waals surface area contributed by atoms with Crippen LogP contribution in [0.5, 0.6) is 0 Å². The third-order valence-corrected chi connectivity index (χ3v) is 3.16. The number of hydrogen-bond donors (Lipinski definition) is 1. The monoisotopic (exact) mass is 209 g/mol. The summed E-state index contributed by atoms with van der Waals surface area (Å²) in [4.78, 5) is 0. The summed E-state index contributed by atoms with van der Waals surface area (Å²) in [6, 6.07) is 11.2. The van der Waals surface area contributed by atoms with Crippen LogP contribution in [-0.4, -0.2) is 11.8 Å². The fourth-order valence-electron chi connectivity index (χ4n) is 1.31. The van der Waals surface area contributed by atoms with E-state index in [0.29, 0.717) is 6.04 Å². The van der Waals surface area contributed by atoms with Crippen molar-refractivity contribution in [2.24, 2.45) is 0 Å². The Hall–Kier alpha value is -0.470. The molecule has 0 aliphatic rings. The van der Waals surface area contributed by atoms with Crippen LogP contribution in [0.1, 0.15) is 25.8 Å². The molecule has 0 spiro atoms. The van der Waals surface area contributed by atoms with Crippen molar-refractivity contribution >= 4 is 11.9 Å². The summed E-state index contributed by atoms with van der Waals surface area (Å²) < 4.78 is 3.45. The molecule has 2 heteroatoms. The van der Waals surface area contributed by atoms with Crippen LogP contribution in [0.4, 0.5) is 0 Å². The van der Waals surface area contributed by atoms with Crippen molar-refractivity contribution in [2.75, 3.05) is 5.75 Å². The van der Waals surface area contributed by atoms with Gasteiger partial charge in [-0.1, -0.05) is 49.2 Å². The van der Waals surface area contributed by atoms with Crippen LogP contribution < -0.4 is 4.72 Å². The maximum absolute atomic E-state index is 3.45. The summed E-state index contributed by atoms with van der Waals surface area (Å²) in [6.45, 7) is 4.44. The fourth-order valence-corrected chi connectivity index (χ4v) is 2.00. The molecule has 0 saturated heterocycles. The molecule has 0 aromatic heterocycles. The fraction of sp³-hybridized carbons (Fsp3) is 0.500. The minimum Gasteiger partial charge on any atom is -0.261 e. The molecule has 1 rings (SSSR count). The molecule has 1 N–H and O–H groups in total. The molecule has 1 atom stereocenters. The van der Waals surface area contributed by atoms with Gasteiger partial charge in [-0.15, -0.1) is 0 Å². The maximum Gasteiger partial charge on any atom is 0.0183 e. The Morgan fingerprint density at radius 3 is 2.64 bits per heavy atom. The summed E-state index contributed by atoms with van der Waals surface area (Å²) >= 11 is 1.83. The lowest BCUT2D eigenvalue weighted by atomic mass is 10.1. The first-order valence-corrected chi connectivity index (χ1v) is 6.22. The zero-order chi connectivity index (χ0) is 10.2. The zero-order valence-electron chi connectivity index (χ0n) is 8.99. The standard InChI is InChI=1S/C12H19NS/c1-3-9-14-13-11(2)10-12-7-5-4-6-8-12/h4-8,11,13H,3,9-10H2,1-2H3. The molecule has 0 amide bonds. The van der Waals surface area contributed by atoms with Crippen LogP contribution in [-0.2, 0) is 6.42 Å². The Balaban J connectivity index is 2.23. The van der Waals surface area contributed by atoms with E-state index >= 15 is 0 Å². The van der Waals surface area contributed by atoms with Crippen molar-refractivity contribution in [1.82, 2.24) is 4.72 Å². The van der Waals surface area contributed by atoms with E-state index in [2.05, 4.69) is 48.9 Å². The van der Waals surface area contributed by atoms with Gasteiger partial charge < -0.3 is 0 Å². The minimum absolute atomic E-state index is 0.550. The number of hydrogen-bond acceptors (Lipinski definition) is 2. The molecule has 78 valence electrons. The third-order valence-electron chi connectivity index (χ3n) is 1.98. The second-order valence-electron chi connectivity index (χ2n) is 3.56. The van der Waals surface area contributed by atoms with E-state index in [1.54, 1.807) is 0 Å². The first-order valence-electron chi connectivity index (χ1n) is 5.24. The van der Waals surface area contributed by atoms with Gasteiger partial charge in [0.15, 0.2) is 0 Å². The van der Waals surface area contributed by atoms with Crippen LogP contribution in [0.15, 0.2) is 30.3 Å². The van der Waals surface area contributed by atoms with Gasteiger partial charge >= 0.3 is 0 Å². The van der Waals surface area contributed by atoms with E-state index in [1.807, 2.05) is 11.9 Å². The van der Waals surface area contributed by atoms with Gasteiger partial charge in [-0.05, 0) is 25.3 Å². The van der Waals surface area contributed by atoms with Gasteiger partial charge in [0.1, 0.15) is 0 Å². The average Bonchev–Trinajstić information content (AvgIpc) is 2.20. The lowest BCUT2D eigenvalue weighted by Gasteiger charge is -2.12. The minimum atomic E-state index is 0.550. The second-order valence-corrected chi connectivity index (χ2v) is 4.49. The number of benzene rings is 1. The van der Waals surface area contributed by atoms with E-state index in [-0.39, 0.29) is 0 Å². The molecule has 0 bridgehead atoms. The van der Waals surface area contributed by atoms with Crippen molar-refractivity contribution in [3.8, 4) is 0 Å². The molecular formula is C12H19NS. The smallest absolute Gasteiger partial charge is 0.0183 e. The Bertz CT molecular complexity index is 235. The lowest BCUT2D eigenvalue weighted by molar-refractivity contribution is 0.688. The second kappa shape index (κ2) is 6.91. The molecule has 0 fully saturated rings. The quantitative estimate of drug-likeness (QED) is 0.570. The van der Waals surface area contributed by atoms with Gasteiger partial charge in [0, 0.05) is 11.8 Å². The molecule has 0 aliphatic carbocycles. The highest BCUT2D eigenvalue weighted by Gasteiger charge is 2.01. The highest BCUT2D eigenvalue weighted by Crippen LogP contribution is 2.05. The molecule has 0 saturated carbocycles. The van der Waals surface area contributed by atoms with E-state index in [4.69, 9.17) is 0 Å². The van der Waals surface area contributed by atoms with Crippen molar-refractivity contribution in [1.29, 1.82) is 0 Å². The van der Waals surface area contributed by atoms with Gasteiger partial charge in [-0.25, -0.2) is 0 Å². The average molecular weight is 209 g/mol. The molecule has 14 heavy (non-hydrogen) atoms. The lowest BCUT2D eigenvalue weighted by Crippen LogP contribution is -2.22. The first kappa shape index (κ1) is 11.6. The third kappa shape index (κ3) is 4.68. The predicted octanol–water partition coefficient (Wildman–Crippen LogP) is 3.27. The van der Waals surface area contributed by atoms with Crippen molar-refractivity contribution in [3.05, 3.63) is 35.9 Å².